The summed E-state index contributed by atoms with van der Waals surface area (Å²) in [7, 11) is 0. The molecule has 0 N–H and O–H groups in total. The fourth-order valence-electron chi connectivity index (χ4n) is 2.81. The summed E-state index contributed by atoms with van der Waals surface area (Å²) in [6.45, 7) is 1.56. The van der Waals surface area contributed by atoms with Gasteiger partial charge in [0.25, 0.3) is 0 Å². The Labute approximate surface area is 149 Å². The Bertz CT molecular complexity index is 1100. The Morgan fingerprint density at radius 1 is 1.04 bits per heavy atom. The molecule has 0 bridgehead atoms. The van der Waals surface area contributed by atoms with Crippen molar-refractivity contribution in [3.8, 4) is 22.5 Å². The largest absolute Gasteiger partial charge is 0.296 e. The number of carbonyl (C=O) groups is 1. The fourth-order valence-corrected chi connectivity index (χ4v) is 3.04. The first-order valence-electron chi connectivity index (χ1n) is 7.83. The van der Waals surface area contributed by atoms with Gasteiger partial charge >= 0.3 is 0 Å². The van der Waals surface area contributed by atoms with Gasteiger partial charge in [-0.2, -0.15) is 0 Å². The predicted octanol–water partition coefficient (Wildman–Crippen LogP) is 4.92. The van der Waals surface area contributed by atoms with E-state index in [4.69, 9.17) is 11.6 Å². The molecule has 0 aliphatic carbocycles. The predicted molar refractivity (Wildman–Crippen MR) is 98.9 cm³/mol. The Morgan fingerprint density at radius 3 is 2.68 bits per heavy atom. The van der Waals surface area contributed by atoms with Crippen molar-refractivity contribution in [2.75, 3.05) is 0 Å². The molecular weight excluding hydrogens is 334 g/mol. The van der Waals surface area contributed by atoms with Gasteiger partial charge in [-0.3, -0.25) is 14.2 Å². The Kier molecular flexibility index (Phi) is 3.82. The van der Waals surface area contributed by atoms with Crippen LogP contribution in [0.4, 0.5) is 0 Å². The van der Waals surface area contributed by atoms with Gasteiger partial charge in [0.05, 0.1) is 28.8 Å². The Hall–Kier alpha value is -2.98. The van der Waals surface area contributed by atoms with E-state index in [1.165, 1.54) is 0 Å². The lowest BCUT2D eigenvalue weighted by Crippen LogP contribution is -1.95. The van der Waals surface area contributed by atoms with E-state index >= 15 is 0 Å². The minimum atomic E-state index is 0.0362. The van der Waals surface area contributed by atoms with E-state index in [1.807, 2.05) is 59.1 Å². The third-order valence-corrected chi connectivity index (χ3v) is 4.44. The molecule has 0 aliphatic rings. The van der Waals surface area contributed by atoms with Gasteiger partial charge in [-0.1, -0.05) is 48.0 Å². The number of ketones is 1. The normalized spacial score (nSPS) is 11.0. The van der Waals surface area contributed by atoms with Gasteiger partial charge in [0.2, 0.25) is 0 Å². The van der Waals surface area contributed by atoms with Gasteiger partial charge in [0.15, 0.2) is 11.4 Å². The first-order chi connectivity index (χ1) is 12.1. The van der Waals surface area contributed by atoms with Gasteiger partial charge in [0.1, 0.15) is 0 Å². The van der Waals surface area contributed by atoms with Crippen LogP contribution in [0.5, 0.6) is 0 Å². The third-order valence-electron chi connectivity index (χ3n) is 4.11. The van der Waals surface area contributed by atoms with Gasteiger partial charge in [-0.05, 0) is 19.1 Å². The Morgan fingerprint density at radius 2 is 1.88 bits per heavy atom. The quantitative estimate of drug-likeness (QED) is 0.494. The van der Waals surface area contributed by atoms with E-state index in [2.05, 4.69) is 9.97 Å². The first-order valence-corrected chi connectivity index (χ1v) is 8.20. The number of hydrogen-bond acceptors (Lipinski definition) is 3. The maximum Gasteiger partial charge on any atom is 0.159 e. The standard InChI is InChI=1S/C20H14ClN3O/c1-13(25)14-5-4-6-15(9-14)19-10-23-20-11-22-18(12-24(19)20)16-7-2-3-8-17(16)21/h2-12H,1H3. The molecule has 4 rings (SSSR count). The summed E-state index contributed by atoms with van der Waals surface area (Å²) in [6.07, 6.45) is 5.42. The lowest BCUT2D eigenvalue weighted by atomic mass is 10.1. The van der Waals surface area contributed by atoms with Gasteiger partial charge < -0.3 is 0 Å². The van der Waals surface area contributed by atoms with Crippen LogP contribution in [0.15, 0.2) is 67.1 Å². The van der Waals surface area contributed by atoms with E-state index in [-0.39, 0.29) is 5.78 Å². The summed E-state index contributed by atoms with van der Waals surface area (Å²) in [5.74, 6) is 0.0362. The smallest absolute Gasteiger partial charge is 0.159 e. The third kappa shape index (κ3) is 2.81. The summed E-state index contributed by atoms with van der Waals surface area (Å²) < 4.78 is 1.96. The highest BCUT2D eigenvalue weighted by atomic mass is 35.5. The van der Waals surface area contributed by atoms with E-state index in [0.29, 0.717) is 10.6 Å². The second kappa shape index (κ2) is 6.15. The lowest BCUT2D eigenvalue weighted by Gasteiger charge is -2.07. The zero-order valence-electron chi connectivity index (χ0n) is 13.5. The maximum atomic E-state index is 11.7. The molecule has 0 fully saturated rings. The molecule has 5 heteroatoms. The molecule has 0 atom stereocenters. The highest BCUT2D eigenvalue weighted by Crippen LogP contribution is 2.28. The van der Waals surface area contributed by atoms with Crippen molar-refractivity contribution < 1.29 is 4.79 Å². The van der Waals surface area contributed by atoms with Crippen molar-refractivity contribution in [1.29, 1.82) is 0 Å². The number of imidazole rings is 1. The van der Waals surface area contributed by atoms with E-state index in [1.54, 1.807) is 19.3 Å². The molecule has 0 aliphatic heterocycles. The van der Waals surface area contributed by atoms with Crippen LogP contribution in [0.3, 0.4) is 0 Å². The molecule has 25 heavy (non-hydrogen) atoms. The molecule has 0 spiro atoms. The van der Waals surface area contributed by atoms with Crippen LogP contribution in [-0.2, 0) is 0 Å². The number of Topliss-reactive ketones (excluding diaryl/α,β-unsaturated/α-hetero) is 1. The number of fused-ring (bicyclic) bond motifs is 1. The molecule has 2 aromatic heterocycles. The number of hydrogen-bond donors (Lipinski definition) is 0. The van der Waals surface area contributed by atoms with Crippen molar-refractivity contribution >= 4 is 23.0 Å². The summed E-state index contributed by atoms with van der Waals surface area (Å²) >= 11 is 6.29. The van der Waals surface area contributed by atoms with Crippen molar-refractivity contribution in [1.82, 2.24) is 14.4 Å². The van der Waals surface area contributed by atoms with Crippen molar-refractivity contribution in [3.63, 3.8) is 0 Å². The number of carbonyl (C=O) groups excluding carboxylic acids is 1. The molecule has 2 heterocycles. The molecule has 0 radical (unpaired) electrons. The fraction of sp³-hybridized carbons (Fsp3) is 0.0500. The van der Waals surface area contributed by atoms with Gasteiger partial charge in [-0.25, -0.2) is 4.98 Å². The van der Waals surface area contributed by atoms with Crippen LogP contribution in [0.25, 0.3) is 28.2 Å². The van der Waals surface area contributed by atoms with Crippen LogP contribution < -0.4 is 0 Å². The van der Waals surface area contributed by atoms with Crippen molar-refractivity contribution in [2.45, 2.75) is 6.92 Å². The molecule has 4 nitrogen and oxygen atoms in total. The number of benzene rings is 2. The molecular formula is C20H14ClN3O. The number of rotatable bonds is 3. The minimum Gasteiger partial charge on any atom is -0.296 e. The van der Waals surface area contributed by atoms with Gasteiger partial charge in [0, 0.05) is 22.9 Å². The van der Waals surface area contributed by atoms with E-state index in [9.17, 15) is 4.79 Å². The zero-order chi connectivity index (χ0) is 17.4. The summed E-state index contributed by atoms with van der Waals surface area (Å²) in [4.78, 5) is 20.5. The average Bonchev–Trinajstić information content (AvgIpc) is 3.05. The van der Waals surface area contributed by atoms with Crippen LogP contribution >= 0.6 is 11.6 Å². The highest BCUT2D eigenvalue weighted by Gasteiger charge is 2.11. The zero-order valence-corrected chi connectivity index (χ0v) is 14.2. The topological polar surface area (TPSA) is 47.3 Å². The Balaban J connectivity index is 1.89. The maximum absolute atomic E-state index is 11.7. The van der Waals surface area contributed by atoms with Crippen LogP contribution in [0.2, 0.25) is 5.02 Å². The van der Waals surface area contributed by atoms with Crippen molar-refractivity contribution in [3.05, 3.63) is 77.7 Å². The molecule has 0 amide bonds. The molecule has 122 valence electrons. The van der Waals surface area contributed by atoms with E-state index in [0.717, 1.165) is 28.2 Å². The first kappa shape index (κ1) is 15.5. The second-order valence-corrected chi connectivity index (χ2v) is 6.17. The molecule has 2 aromatic carbocycles. The molecule has 0 saturated heterocycles. The highest BCUT2D eigenvalue weighted by molar-refractivity contribution is 6.33. The monoisotopic (exact) mass is 347 g/mol. The van der Waals surface area contributed by atoms with Crippen LogP contribution in [-0.4, -0.2) is 20.2 Å². The molecule has 4 aromatic rings. The van der Waals surface area contributed by atoms with Gasteiger partial charge in [-0.15, -0.1) is 0 Å². The van der Waals surface area contributed by atoms with Crippen LogP contribution in [0.1, 0.15) is 17.3 Å². The lowest BCUT2D eigenvalue weighted by molar-refractivity contribution is 0.101. The number of nitrogens with zero attached hydrogens (tertiary/aromatic N) is 3. The molecule has 0 unspecified atom stereocenters. The number of aromatic nitrogens is 3. The summed E-state index contributed by atoms with van der Waals surface area (Å²) in [5, 5.41) is 0.648. The minimum absolute atomic E-state index is 0.0362. The SMILES string of the molecule is CC(=O)c1cccc(-c2cnc3cnc(-c4ccccc4Cl)cn23)c1. The van der Waals surface area contributed by atoms with E-state index < -0.39 is 0 Å². The van der Waals surface area contributed by atoms with Crippen molar-refractivity contribution in [2.24, 2.45) is 0 Å². The summed E-state index contributed by atoms with van der Waals surface area (Å²) in [5.41, 5.74) is 4.86. The number of halogens is 1. The summed E-state index contributed by atoms with van der Waals surface area (Å²) in [6, 6.07) is 15.1. The second-order valence-electron chi connectivity index (χ2n) is 5.76. The van der Waals surface area contributed by atoms with Crippen LogP contribution in [0, 0.1) is 0 Å². The average molecular weight is 348 g/mol. The molecule has 0 saturated carbocycles.